The molecular formula is C28H36N6O3. The fourth-order valence-corrected chi connectivity index (χ4v) is 5.75. The van der Waals surface area contributed by atoms with E-state index in [-0.39, 0.29) is 5.69 Å². The number of aromatic nitrogens is 3. The number of anilines is 1. The van der Waals surface area contributed by atoms with Crippen molar-refractivity contribution in [1.82, 2.24) is 24.6 Å². The number of hydrogen-bond acceptors (Lipinski definition) is 7. The normalized spacial score (nSPS) is 19.8. The highest BCUT2D eigenvalue weighted by Crippen LogP contribution is 2.42. The number of nitrogens with zero attached hydrogens (tertiary/aromatic N) is 6. The molecule has 1 N–H and O–H groups in total. The zero-order chi connectivity index (χ0) is 25.2. The maximum absolute atomic E-state index is 12.1. The van der Waals surface area contributed by atoms with Gasteiger partial charge in [0.25, 0.3) is 0 Å². The van der Waals surface area contributed by atoms with E-state index in [1.807, 2.05) is 35.0 Å². The average molecular weight is 505 g/mol. The predicted octanol–water partition coefficient (Wildman–Crippen LogP) is 3.23. The second kappa shape index (κ2) is 10.8. The van der Waals surface area contributed by atoms with Crippen LogP contribution in [-0.4, -0.2) is 101 Å². The number of ether oxygens (including phenoxy) is 1. The van der Waals surface area contributed by atoms with Gasteiger partial charge in [0.2, 0.25) is 0 Å². The Morgan fingerprint density at radius 3 is 2.32 bits per heavy atom. The van der Waals surface area contributed by atoms with Crippen molar-refractivity contribution in [3.05, 3.63) is 47.8 Å². The van der Waals surface area contributed by atoms with Crippen molar-refractivity contribution in [2.24, 2.45) is 0 Å². The van der Waals surface area contributed by atoms with Gasteiger partial charge in [-0.1, -0.05) is 24.6 Å². The molecule has 1 aliphatic carbocycles. The molecule has 3 aliphatic rings. The highest BCUT2D eigenvalue weighted by atomic mass is 16.5. The van der Waals surface area contributed by atoms with Crippen molar-refractivity contribution in [2.45, 2.75) is 31.6 Å². The van der Waals surface area contributed by atoms with Gasteiger partial charge in [-0.2, -0.15) is 5.10 Å². The van der Waals surface area contributed by atoms with E-state index in [1.54, 1.807) is 6.07 Å². The Labute approximate surface area is 217 Å². The van der Waals surface area contributed by atoms with E-state index in [1.165, 1.54) is 12.8 Å². The third-order valence-electron chi connectivity index (χ3n) is 8.12. The standard InChI is InChI=1S/C28H36N6O3/c35-28(36)23-20-24(33-14-12-31(13-15-33)10-5-11-32-16-18-37-19-17-32)25-26(21-6-4-7-21)30-34(27(25)29-23)22-8-2-1-3-9-22/h1-3,8-9,20-21H,4-7,10-19H2,(H,35,36). The summed E-state index contributed by atoms with van der Waals surface area (Å²) in [5, 5.41) is 16.0. The summed E-state index contributed by atoms with van der Waals surface area (Å²) in [5.41, 5.74) is 3.67. The van der Waals surface area contributed by atoms with Crippen molar-refractivity contribution in [3.8, 4) is 5.69 Å². The molecule has 0 atom stereocenters. The van der Waals surface area contributed by atoms with E-state index in [0.717, 1.165) is 101 Å². The summed E-state index contributed by atoms with van der Waals surface area (Å²) in [6, 6.07) is 11.7. The van der Waals surface area contributed by atoms with Gasteiger partial charge in [0.05, 0.1) is 35.7 Å². The molecular weight excluding hydrogens is 468 g/mol. The highest BCUT2D eigenvalue weighted by Gasteiger charge is 2.31. The minimum atomic E-state index is -1.00. The lowest BCUT2D eigenvalue weighted by Crippen LogP contribution is -2.47. The topological polar surface area (TPSA) is 87.0 Å². The molecule has 9 nitrogen and oxygen atoms in total. The van der Waals surface area contributed by atoms with E-state index < -0.39 is 5.97 Å². The summed E-state index contributed by atoms with van der Waals surface area (Å²) in [5.74, 6) is -0.596. The Morgan fingerprint density at radius 2 is 1.68 bits per heavy atom. The number of hydrogen-bond donors (Lipinski definition) is 1. The van der Waals surface area contributed by atoms with E-state index in [4.69, 9.17) is 9.84 Å². The summed E-state index contributed by atoms with van der Waals surface area (Å²) >= 11 is 0. The minimum absolute atomic E-state index is 0.0766. The summed E-state index contributed by atoms with van der Waals surface area (Å²) in [4.78, 5) is 24.1. The molecule has 0 radical (unpaired) electrons. The largest absolute Gasteiger partial charge is 0.477 e. The fraction of sp³-hybridized carbons (Fsp3) is 0.536. The molecule has 0 spiro atoms. The molecule has 3 aromatic rings. The maximum atomic E-state index is 12.1. The average Bonchev–Trinajstić information content (AvgIpc) is 3.28. The molecule has 6 rings (SSSR count). The monoisotopic (exact) mass is 504 g/mol. The zero-order valence-corrected chi connectivity index (χ0v) is 21.4. The molecule has 2 aliphatic heterocycles. The van der Waals surface area contributed by atoms with Gasteiger partial charge in [0, 0.05) is 45.2 Å². The van der Waals surface area contributed by atoms with Crippen LogP contribution in [0.4, 0.5) is 5.69 Å². The van der Waals surface area contributed by atoms with Crippen LogP contribution in [0.15, 0.2) is 36.4 Å². The molecule has 2 saturated heterocycles. The van der Waals surface area contributed by atoms with Gasteiger partial charge >= 0.3 is 5.97 Å². The SMILES string of the molecule is O=C(O)c1cc(N2CCN(CCCN3CCOCC3)CC2)c2c(C3CCC3)nn(-c3ccccc3)c2n1. The second-order valence-electron chi connectivity index (χ2n) is 10.4. The van der Waals surface area contributed by atoms with Crippen molar-refractivity contribution in [2.75, 3.05) is 70.5 Å². The summed E-state index contributed by atoms with van der Waals surface area (Å²) in [6.07, 6.45) is 4.62. The van der Waals surface area contributed by atoms with Crippen LogP contribution in [0.3, 0.4) is 0 Å². The quantitative estimate of drug-likeness (QED) is 0.501. The maximum Gasteiger partial charge on any atom is 0.354 e. The van der Waals surface area contributed by atoms with Crippen LogP contribution in [-0.2, 0) is 4.74 Å². The van der Waals surface area contributed by atoms with Gasteiger partial charge < -0.3 is 14.7 Å². The van der Waals surface area contributed by atoms with Crippen molar-refractivity contribution < 1.29 is 14.6 Å². The van der Waals surface area contributed by atoms with Gasteiger partial charge in [-0.15, -0.1) is 0 Å². The highest BCUT2D eigenvalue weighted by molar-refractivity contribution is 5.98. The lowest BCUT2D eigenvalue weighted by atomic mass is 9.82. The number of carbonyl (C=O) groups is 1. The number of pyridine rings is 1. The van der Waals surface area contributed by atoms with Gasteiger partial charge in [0.1, 0.15) is 0 Å². The predicted molar refractivity (Wildman–Crippen MR) is 143 cm³/mol. The number of para-hydroxylation sites is 1. The van der Waals surface area contributed by atoms with Crippen molar-refractivity contribution in [1.29, 1.82) is 0 Å². The van der Waals surface area contributed by atoms with Gasteiger partial charge in [0.15, 0.2) is 11.3 Å². The Kier molecular flexibility index (Phi) is 7.08. The molecule has 9 heteroatoms. The Balaban J connectivity index is 1.26. The summed E-state index contributed by atoms with van der Waals surface area (Å²) in [6.45, 7) is 9.68. The first kappa shape index (κ1) is 24.3. The smallest absolute Gasteiger partial charge is 0.354 e. The number of aromatic carboxylic acids is 1. The van der Waals surface area contributed by atoms with Gasteiger partial charge in [-0.05, 0) is 50.6 Å². The van der Waals surface area contributed by atoms with Crippen LogP contribution in [0, 0.1) is 0 Å². The van der Waals surface area contributed by atoms with Crippen LogP contribution in [0.1, 0.15) is 47.8 Å². The Hall–Kier alpha value is -3.01. The van der Waals surface area contributed by atoms with Crippen LogP contribution >= 0.6 is 0 Å². The van der Waals surface area contributed by atoms with Gasteiger partial charge in [-0.25, -0.2) is 14.5 Å². The van der Waals surface area contributed by atoms with E-state index in [2.05, 4.69) is 19.7 Å². The molecule has 2 aromatic heterocycles. The third kappa shape index (κ3) is 5.08. The zero-order valence-electron chi connectivity index (χ0n) is 21.4. The molecule has 1 saturated carbocycles. The third-order valence-corrected chi connectivity index (χ3v) is 8.12. The first-order valence-corrected chi connectivity index (χ1v) is 13.7. The number of morpholine rings is 1. The van der Waals surface area contributed by atoms with E-state index in [0.29, 0.717) is 11.6 Å². The molecule has 4 heterocycles. The van der Waals surface area contributed by atoms with E-state index >= 15 is 0 Å². The summed E-state index contributed by atoms with van der Waals surface area (Å²) in [7, 11) is 0. The Bertz CT molecular complexity index is 1230. The molecule has 1 aromatic carbocycles. The summed E-state index contributed by atoms with van der Waals surface area (Å²) < 4.78 is 7.31. The van der Waals surface area contributed by atoms with Crippen LogP contribution in [0.25, 0.3) is 16.7 Å². The first-order chi connectivity index (χ1) is 18.2. The van der Waals surface area contributed by atoms with Crippen LogP contribution in [0.2, 0.25) is 0 Å². The van der Waals surface area contributed by atoms with Gasteiger partial charge in [-0.3, -0.25) is 9.80 Å². The lowest BCUT2D eigenvalue weighted by Gasteiger charge is -2.37. The lowest BCUT2D eigenvalue weighted by molar-refractivity contribution is 0.0360. The molecule has 3 fully saturated rings. The number of fused-ring (bicyclic) bond motifs is 1. The van der Waals surface area contributed by atoms with Crippen molar-refractivity contribution in [3.63, 3.8) is 0 Å². The molecule has 37 heavy (non-hydrogen) atoms. The number of benzene rings is 1. The fourth-order valence-electron chi connectivity index (χ4n) is 5.75. The molecule has 0 unspecified atom stereocenters. The molecule has 0 bridgehead atoms. The van der Waals surface area contributed by atoms with Crippen molar-refractivity contribution >= 4 is 22.7 Å². The molecule has 0 amide bonds. The second-order valence-corrected chi connectivity index (χ2v) is 10.4. The first-order valence-electron chi connectivity index (χ1n) is 13.7. The van der Waals surface area contributed by atoms with Crippen LogP contribution < -0.4 is 4.90 Å². The van der Waals surface area contributed by atoms with Crippen LogP contribution in [0.5, 0.6) is 0 Å². The Morgan fingerprint density at radius 1 is 0.973 bits per heavy atom. The molecule has 196 valence electrons. The number of carboxylic acid groups (broad SMARTS) is 1. The van der Waals surface area contributed by atoms with E-state index in [9.17, 15) is 9.90 Å². The number of carboxylic acids is 1. The number of rotatable bonds is 8. The minimum Gasteiger partial charge on any atom is -0.477 e. The number of piperazine rings is 1.